The molecule has 0 spiro atoms. The summed E-state index contributed by atoms with van der Waals surface area (Å²) in [6.45, 7) is 1.65. The predicted molar refractivity (Wildman–Crippen MR) is 111 cm³/mol. The molecule has 0 saturated heterocycles. The molecule has 0 radical (unpaired) electrons. The van der Waals surface area contributed by atoms with E-state index in [9.17, 15) is 14.4 Å². The van der Waals surface area contributed by atoms with E-state index in [1.165, 1.54) is 18.6 Å². The second kappa shape index (κ2) is 9.68. The highest BCUT2D eigenvalue weighted by Gasteiger charge is 2.10. The molecule has 0 aromatic heterocycles. The zero-order valence-corrected chi connectivity index (χ0v) is 16.4. The van der Waals surface area contributed by atoms with Crippen molar-refractivity contribution in [1.82, 2.24) is 5.32 Å². The monoisotopic (exact) mass is 392 g/mol. The van der Waals surface area contributed by atoms with Crippen LogP contribution in [0.3, 0.4) is 0 Å². The fraction of sp³-hybridized carbons (Fsp3) is 0.261. The molecular weight excluding hydrogens is 368 g/mol. The SMILES string of the molecule is CC(=O)Oc1cccc(C(=O)NCc2ccc(NC(=O)C=C3CCCC3)cc2)c1. The van der Waals surface area contributed by atoms with Crippen molar-refractivity contribution in [3.05, 3.63) is 71.3 Å². The van der Waals surface area contributed by atoms with Crippen molar-refractivity contribution in [3.63, 3.8) is 0 Å². The fourth-order valence-electron chi connectivity index (χ4n) is 3.19. The van der Waals surface area contributed by atoms with Gasteiger partial charge in [0, 0.05) is 30.8 Å². The van der Waals surface area contributed by atoms with Gasteiger partial charge in [-0.05, 0) is 61.6 Å². The summed E-state index contributed by atoms with van der Waals surface area (Å²) in [5, 5.41) is 5.69. The molecule has 29 heavy (non-hydrogen) atoms. The summed E-state index contributed by atoms with van der Waals surface area (Å²) < 4.78 is 5.00. The Balaban J connectivity index is 1.52. The quantitative estimate of drug-likeness (QED) is 0.442. The number of nitrogens with one attached hydrogen (secondary N) is 2. The molecule has 2 amide bonds. The van der Waals surface area contributed by atoms with Gasteiger partial charge < -0.3 is 15.4 Å². The highest BCUT2D eigenvalue weighted by molar-refractivity contribution is 5.99. The van der Waals surface area contributed by atoms with Crippen molar-refractivity contribution < 1.29 is 19.1 Å². The van der Waals surface area contributed by atoms with Crippen LogP contribution in [0.5, 0.6) is 5.75 Å². The van der Waals surface area contributed by atoms with Crippen LogP contribution >= 0.6 is 0 Å². The Labute approximate surface area is 170 Å². The van der Waals surface area contributed by atoms with E-state index in [1.807, 2.05) is 24.3 Å². The third kappa shape index (κ3) is 6.31. The summed E-state index contributed by atoms with van der Waals surface area (Å²) in [6.07, 6.45) is 6.04. The third-order valence-corrected chi connectivity index (χ3v) is 4.61. The number of carbonyl (C=O) groups is 3. The number of hydrogen-bond acceptors (Lipinski definition) is 4. The van der Waals surface area contributed by atoms with Crippen LogP contribution in [0.1, 0.15) is 48.5 Å². The molecule has 6 nitrogen and oxygen atoms in total. The van der Waals surface area contributed by atoms with Gasteiger partial charge >= 0.3 is 5.97 Å². The van der Waals surface area contributed by atoms with Crippen molar-refractivity contribution in [2.24, 2.45) is 0 Å². The Morgan fingerprint density at radius 2 is 1.76 bits per heavy atom. The normalized spacial score (nSPS) is 12.9. The fourth-order valence-corrected chi connectivity index (χ4v) is 3.19. The third-order valence-electron chi connectivity index (χ3n) is 4.61. The van der Waals surface area contributed by atoms with Gasteiger partial charge in [-0.1, -0.05) is 23.8 Å². The molecule has 2 aromatic carbocycles. The van der Waals surface area contributed by atoms with Crippen molar-refractivity contribution in [1.29, 1.82) is 0 Å². The molecule has 3 rings (SSSR count). The summed E-state index contributed by atoms with van der Waals surface area (Å²) in [5.74, 6) is -0.470. The van der Waals surface area contributed by atoms with E-state index in [1.54, 1.807) is 24.3 Å². The average molecular weight is 392 g/mol. The largest absolute Gasteiger partial charge is 0.427 e. The van der Waals surface area contributed by atoms with Crippen molar-refractivity contribution in [2.75, 3.05) is 5.32 Å². The maximum absolute atomic E-state index is 12.3. The number of amides is 2. The van der Waals surface area contributed by atoms with Crippen LogP contribution in [-0.2, 0) is 16.1 Å². The number of allylic oxidation sites excluding steroid dienone is 1. The van der Waals surface area contributed by atoms with E-state index in [0.717, 1.165) is 31.2 Å². The van der Waals surface area contributed by atoms with Gasteiger partial charge in [0.2, 0.25) is 5.91 Å². The Morgan fingerprint density at radius 3 is 2.45 bits per heavy atom. The number of benzene rings is 2. The summed E-state index contributed by atoms with van der Waals surface area (Å²) >= 11 is 0. The van der Waals surface area contributed by atoms with Gasteiger partial charge in [0.1, 0.15) is 5.75 Å². The smallest absolute Gasteiger partial charge is 0.308 e. The van der Waals surface area contributed by atoms with Gasteiger partial charge in [-0.3, -0.25) is 14.4 Å². The van der Waals surface area contributed by atoms with Gasteiger partial charge in [0.15, 0.2) is 0 Å². The number of rotatable bonds is 6. The minimum absolute atomic E-state index is 0.101. The second-order valence-electron chi connectivity index (χ2n) is 7.00. The van der Waals surface area contributed by atoms with Gasteiger partial charge in [0.05, 0.1) is 0 Å². The standard InChI is InChI=1S/C23H24N2O4/c1-16(26)29-21-8-4-7-19(14-21)23(28)24-15-18-9-11-20(12-10-18)25-22(27)13-17-5-2-3-6-17/h4,7-14H,2-3,5-6,15H2,1H3,(H,24,28)(H,25,27). The zero-order chi connectivity index (χ0) is 20.6. The number of hydrogen-bond donors (Lipinski definition) is 2. The van der Waals surface area contributed by atoms with E-state index >= 15 is 0 Å². The Hall–Kier alpha value is -3.41. The molecule has 0 heterocycles. The molecule has 6 heteroatoms. The number of ether oxygens (including phenoxy) is 1. The zero-order valence-electron chi connectivity index (χ0n) is 16.4. The summed E-state index contributed by atoms with van der Waals surface area (Å²) in [7, 11) is 0. The van der Waals surface area contributed by atoms with Crippen LogP contribution in [0.25, 0.3) is 0 Å². The minimum atomic E-state index is -0.436. The first-order valence-corrected chi connectivity index (χ1v) is 9.65. The van der Waals surface area contributed by atoms with Gasteiger partial charge in [-0.25, -0.2) is 0 Å². The molecule has 1 aliphatic carbocycles. The van der Waals surface area contributed by atoms with Crippen LogP contribution in [0, 0.1) is 0 Å². The predicted octanol–water partition coefficient (Wildman–Crippen LogP) is 3.98. The molecule has 0 bridgehead atoms. The summed E-state index contributed by atoms with van der Waals surface area (Å²) in [4.78, 5) is 35.4. The van der Waals surface area contributed by atoms with Gasteiger partial charge in [-0.15, -0.1) is 0 Å². The number of esters is 1. The first kappa shape index (κ1) is 20.3. The maximum Gasteiger partial charge on any atom is 0.308 e. The molecular formula is C23H24N2O4. The van der Waals surface area contributed by atoms with E-state index in [2.05, 4.69) is 10.6 Å². The van der Waals surface area contributed by atoms with Gasteiger partial charge in [0.25, 0.3) is 5.91 Å². The number of carbonyl (C=O) groups excluding carboxylic acids is 3. The number of anilines is 1. The Kier molecular flexibility index (Phi) is 6.79. The molecule has 1 fully saturated rings. The molecule has 0 atom stereocenters. The van der Waals surface area contributed by atoms with Crippen molar-refractivity contribution in [2.45, 2.75) is 39.2 Å². The van der Waals surface area contributed by atoms with Crippen LogP contribution in [0.4, 0.5) is 5.69 Å². The van der Waals surface area contributed by atoms with Crippen molar-refractivity contribution in [3.8, 4) is 5.75 Å². The maximum atomic E-state index is 12.3. The van der Waals surface area contributed by atoms with E-state index < -0.39 is 5.97 Å². The van der Waals surface area contributed by atoms with Crippen LogP contribution in [0.2, 0.25) is 0 Å². The van der Waals surface area contributed by atoms with Crippen LogP contribution in [0.15, 0.2) is 60.2 Å². The van der Waals surface area contributed by atoms with Crippen LogP contribution < -0.4 is 15.4 Å². The molecule has 2 N–H and O–H groups in total. The molecule has 1 saturated carbocycles. The highest BCUT2D eigenvalue weighted by Crippen LogP contribution is 2.23. The molecule has 1 aliphatic rings. The van der Waals surface area contributed by atoms with E-state index in [-0.39, 0.29) is 11.8 Å². The average Bonchev–Trinajstić information content (AvgIpc) is 3.19. The highest BCUT2D eigenvalue weighted by atomic mass is 16.5. The lowest BCUT2D eigenvalue weighted by Gasteiger charge is -2.08. The first-order valence-electron chi connectivity index (χ1n) is 9.65. The lowest BCUT2D eigenvalue weighted by atomic mass is 10.1. The van der Waals surface area contributed by atoms with Gasteiger partial charge in [-0.2, -0.15) is 0 Å². The summed E-state index contributed by atoms with van der Waals surface area (Å²) in [6, 6.07) is 13.8. The molecule has 2 aromatic rings. The molecule has 0 aliphatic heterocycles. The van der Waals surface area contributed by atoms with E-state index in [0.29, 0.717) is 23.5 Å². The van der Waals surface area contributed by atoms with Crippen molar-refractivity contribution >= 4 is 23.5 Å². The summed E-state index contributed by atoms with van der Waals surface area (Å²) in [5.41, 5.74) is 3.24. The topological polar surface area (TPSA) is 84.5 Å². The lowest BCUT2D eigenvalue weighted by Crippen LogP contribution is -2.22. The second-order valence-corrected chi connectivity index (χ2v) is 7.00. The Morgan fingerprint density at radius 1 is 1.03 bits per heavy atom. The minimum Gasteiger partial charge on any atom is -0.427 e. The molecule has 0 unspecified atom stereocenters. The molecule has 150 valence electrons. The van der Waals surface area contributed by atoms with Crippen LogP contribution in [-0.4, -0.2) is 17.8 Å². The van der Waals surface area contributed by atoms with E-state index in [4.69, 9.17) is 4.74 Å². The lowest BCUT2D eigenvalue weighted by molar-refractivity contribution is -0.131. The first-order chi connectivity index (χ1) is 14.0. The Bertz CT molecular complexity index is 924.